The maximum absolute atomic E-state index is 14.1. The molecule has 1 aliphatic heterocycles. The van der Waals surface area contributed by atoms with Gasteiger partial charge < -0.3 is 0 Å². The molecular formula is C22H15Cl4F2N3O2S. The maximum Gasteiger partial charge on any atom is 0.243 e. The van der Waals surface area contributed by atoms with Crippen LogP contribution in [0.3, 0.4) is 0 Å². The Morgan fingerprint density at radius 1 is 0.912 bits per heavy atom. The van der Waals surface area contributed by atoms with Crippen molar-refractivity contribution in [2.45, 2.75) is 17.4 Å². The molecule has 1 N–H and O–H groups in total. The van der Waals surface area contributed by atoms with Crippen molar-refractivity contribution in [2.75, 3.05) is 11.6 Å². The summed E-state index contributed by atoms with van der Waals surface area (Å²) in [6, 6.07) is 12.9. The van der Waals surface area contributed by atoms with Crippen LogP contribution in [0.2, 0.25) is 20.1 Å². The summed E-state index contributed by atoms with van der Waals surface area (Å²) in [5, 5.41) is 7.10. The van der Waals surface area contributed by atoms with Crippen LogP contribution in [0.4, 0.5) is 14.5 Å². The molecule has 0 spiro atoms. The van der Waals surface area contributed by atoms with Gasteiger partial charge in [-0.2, -0.15) is 5.10 Å². The van der Waals surface area contributed by atoms with Gasteiger partial charge in [0.15, 0.2) is 0 Å². The highest BCUT2D eigenvalue weighted by atomic mass is 35.5. The Labute approximate surface area is 214 Å². The van der Waals surface area contributed by atoms with Crippen molar-refractivity contribution in [3.63, 3.8) is 0 Å². The first-order chi connectivity index (χ1) is 16.0. The van der Waals surface area contributed by atoms with Crippen LogP contribution in [0.25, 0.3) is 0 Å². The van der Waals surface area contributed by atoms with E-state index in [1.54, 1.807) is 35.3 Å². The highest BCUT2D eigenvalue weighted by molar-refractivity contribution is 7.89. The van der Waals surface area contributed by atoms with Crippen LogP contribution in [-0.2, 0) is 10.0 Å². The molecule has 0 saturated carbocycles. The van der Waals surface area contributed by atoms with E-state index in [2.05, 4.69) is 9.82 Å². The van der Waals surface area contributed by atoms with Gasteiger partial charge in [-0.15, -0.1) is 0 Å². The fourth-order valence-corrected chi connectivity index (χ4v) is 5.43. The number of benzene rings is 3. The number of nitrogens with zero attached hydrogens (tertiary/aromatic N) is 2. The number of anilines is 1. The molecule has 0 saturated heterocycles. The topological polar surface area (TPSA) is 61.8 Å². The minimum atomic E-state index is -4.34. The largest absolute Gasteiger partial charge is 0.256 e. The number of hydrogen-bond donors (Lipinski definition) is 1. The molecule has 0 aromatic heterocycles. The molecule has 34 heavy (non-hydrogen) atoms. The van der Waals surface area contributed by atoms with Crippen LogP contribution in [0, 0.1) is 11.6 Å². The Hall–Kier alpha value is -1.94. The second-order valence-electron chi connectivity index (χ2n) is 7.40. The smallest absolute Gasteiger partial charge is 0.243 e. The first-order valence-electron chi connectivity index (χ1n) is 9.75. The summed E-state index contributed by atoms with van der Waals surface area (Å²) in [6.45, 7) is -0.220. The van der Waals surface area contributed by atoms with E-state index in [0.29, 0.717) is 39.0 Å². The Balaban J connectivity index is 1.63. The predicted octanol–water partition coefficient (Wildman–Crippen LogP) is 6.86. The second-order valence-corrected chi connectivity index (χ2v) is 10.8. The zero-order valence-corrected chi connectivity index (χ0v) is 20.9. The summed E-state index contributed by atoms with van der Waals surface area (Å²) >= 11 is 24.1. The lowest BCUT2D eigenvalue weighted by molar-refractivity contribution is 0.545. The number of sulfonamides is 1. The van der Waals surface area contributed by atoms with E-state index in [9.17, 15) is 17.2 Å². The quantitative estimate of drug-likeness (QED) is 0.332. The van der Waals surface area contributed by atoms with Crippen molar-refractivity contribution in [1.82, 2.24) is 4.72 Å². The molecule has 0 aliphatic carbocycles. The van der Waals surface area contributed by atoms with Crippen LogP contribution in [-0.4, -0.2) is 20.7 Å². The van der Waals surface area contributed by atoms with Crippen molar-refractivity contribution in [3.05, 3.63) is 91.9 Å². The van der Waals surface area contributed by atoms with Crippen LogP contribution in [0.5, 0.6) is 0 Å². The molecule has 1 atom stereocenters. The standard InChI is InChI=1S/C22H15Cl4F2N3O2S/c23-13-3-1-12(2-4-13)21-8-15(30-31(21)20-6-5-14(24)7-17(20)26)11-29-34(32,33)22-9-16(25)18(27)10-19(22)28/h1-7,9-10,21,29H,8,11H2. The van der Waals surface area contributed by atoms with Gasteiger partial charge in [-0.3, -0.25) is 5.01 Å². The Morgan fingerprint density at radius 3 is 2.26 bits per heavy atom. The lowest BCUT2D eigenvalue weighted by Gasteiger charge is -2.25. The number of rotatable bonds is 6. The van der Waals surface area contributed by atoms with Crippen LogP contribution >= 0.6 is 46.4 Å². The fraction of sp³-hybridized carbons (Fsp3) is 0.136. The first-order valence-corrected chi connectivity index (χ1v) is 12.7. The number of hydrazone groups is 1. The normalized spacial score (nSPS) is 16.1. The molecule has 1 aliphatic rings. The van der Waals surface area contributed by atoms with Gasteiger partial charge >= 0.3 is 0 Å². The van der Waals surface area contributed by atoms with E-state index in [4.69, 9.17) is 46.4 Å². The van der Waals surface area contributed by atoms with Gasteiger partial charge in [-0.05, 0) is 42.0 Å². The lowest BCUT2D eigenvalue weighted by Crippen LogP contribution is -2.30. The third-order valence-electron chi connectivity index (χ3n) is 5.12. The third kappa shape index (κ3) is 5.32. The van der Waals surface area contributed by atoms with Crippen molar-refractivity contribution in [1.29, 1.82) is 0 Å². The number of nitrogens with one attached hydrogen (secondary N) is 1. The Bertz CT molecular complexity index is 1390. The Kier molecular flexibility index (Phi) is 7.38. The molecule has 1 heterocycles. The SMILES string of the molecule is O=S(=O)(NCC1=NN(c2ccc(Cl)cc2Cl)C(c2ccc(Cl)cc2)C1)c1cc(Cl)c(F)cc1F. The molecule has 1 unspecified atom stereocenters. The van der Waals surface area contributed by atoms with Crippen LogP contribution < -0.4 is 9.73 Å². The van der Waals surface area contributed by atoms with E-state index in [1.807, 2.05) is 12.1 Å². The van der Waals surface area contributed by atoms with Gasteiger partial charge in [0.1, 0.15) is 16.5 Å². The van der Waals surface area contributed by atoms with Gasteiger partial charge in [0, 0.05) is 22.5 Å². The number of halogens is 6. The van der Waals surface area contributed by atoms with Gasteiger partial charge in [0.05, 0.1) is 34.0 Å². The molecule has 3 aromatic rings. The lowest BCUT2D eigenvalue weighted by atomic mass is 10.0. The second kappa shape index (κ2) is 9.97. The summed E-state index contributed by atoms with van der Waals surface area (Å²) in [5.74, 6) is -2.31. The zero-order chi connectivity index (χ0) is 24.6. The number of hydrogen-bond acceptors (Lipinski definition) is 4. The van der Waals surface area contributed by atoms with Crippen LogP contribution in [0.15, 0.2) is 64.6 Å². The van der Waals surface area contributed by atoms with Crippen molar-refractivity contribution < 1.29 is 17.2 Å². The highest BCUT2D eigenvalue weighted by Crippen LogP contribution is 2.39. The Morgan fingerprint density at radius 2 is 1.59 bits per heavy atom. The van der Waals surface area contributed by atoms with Crippen molar-refractivity contribution in [2.24, 2.45) is 5.10 Å². The van der Waals surface area contributed by atoms with E-state index in [-0.39, 0.29) is 12.6 Å². The third-order valence-corrected chi connectivity index (χ3v) is 7.61. The van der Waals surface area contributed by atoms with E-state index in [1.165, 1.54) is 0 Å². The average Bonchev–Trinajstić information content (AvgIpc) is 3.19. The van der Waals surface area contributed by atoms with Crippen molar-refractivity contribution >= 4 is 67.8 Å². The zero-order valence-electron chi connectivity index (χ0n) is 17.1. The molecule has 5 nitrogen and oxygen atoms in total. The molecular weight excluding hydrogens is 550 g/mol. The summed E-state index contributed by atoms with van der Waals surface area (Å²) in [6.07, 6.45) is 0.343. The van der Waals surface area contributed by atoms with Crippen molar-refractivity contribution in [3.8, 4) is 0 Å². The summed E-state index contributed by atoms with van der Waals surface area (Å²) in [5.41, 5.74) is 1.90. The molecule has 0 fully saturated rings. The minimum absolute atomic E-state index is 0.220. The average molecular weight is 565 g/mol. The summed E-state index contributed by atoms with van der Waals surface area (Å²) in [7, 11) is -4.34. The molecule has 4 rings (SSSR count). The molecule has 12 heteroatoms. The van der Waals surface area contributed by atoms with E-state index >= 15 is 0 Å². The van der Waals surface area contributed by atoms with Gasteiger partial charge in [0.2, 0.25) is 10.0 Å². The first kappa shape index (κ1) is 25.2. The highest BCUT2D eigenvalue weighted by Gasteiger charge is 2.31. The molecule has 0 bridgehead atoms. The molecule has 3 aromatic carbocycles. The maximum atomic E-state index is 14.1. The van der Waals surface area contributed by atoms with E-state index < -0.39 is 31.6 Å². The predicted molar refractivity (Wildman–Crippen MR) is 132 cm³/mol. The summed E-state index contributed by atoms with van der Waals surface area (Å²) < 4.78 is 55.1. The van der Waals surface area contributed by atoms with E-state index in [0.717, 1.165) is 11.6 Å². The van der Waals surface area contributed by atoms with Gasteiger partial charge in [-0.1, -0.05) is 58.5 Å². The monoisotopic (exact) mass is 563 g/mol. The van der Waals surface area contributed by atoms with Gasteiger partial charge in [0.25, 0.3) is 0 Å². The van der Waals surface area contributed by atoms with Crippen LogP contribution in [0.1, 0.15) is 18.0 Å². The summed E-state index contributed by atoms with van der Waals surface area (Å²) in [4.78, 5) is -0.760. The minimum Gasteiger partial charge on any atom is -0.256 e. The molecule has 0 amide bonds. The molecule has 178 valence electrons. The molecule has 0 radical (unpaired) electrons. The van der Waals surface area contributed by atoms with Gasteiger partial charge in [-0.25, -0.2) is 21.9 Å². The fourth-order valence-electron chi connectivity index (χ4n) is 3.48.